The number of ether oxygens (including phenoxy) is 2. The van der Waals surface area contributed by atoms with E-state index in [9.17, 15) is 0 Å². The molecule has 1 atom stereocenters. The van der Waals surface area contributed by atoms with Crippen molar-refractivity contribution < 1.29 is 9.47 Å². The molecule has 1 spiro atoms. The summed E-state index contributed by atoms with van der Waals surface area (Å²) in [5.41, 5.74) is 0.135. The van der Waals surface area contributed by atoms with Crippen LogP contribution >= 0.6 is 0 Å². The third kappa shape index (κ3) is 2.74. The normalized spacial score (nSPS) is 29.9. The summed E-state index contributed by atoms with van der Waals surface area (Å²) in [5, 5.41) is 0. The van der Waals surface area contributed by atoms with Gasteiger partial charge >= 0.3 is 0 Å². The molecule has 2 fully saturated rings. The van der Waals surface area contributed by atoms with E-state index in [2.05, 4.69) is 5.92 Å². The minimum absolute atomic E-state index is 0.135. The summed E-state index contributed by atoms with van der Waals surface area (Å²) in [6, 6.07) is 0. The summed E-state index contributed by atoms with van der Waals surface area (Å²) in [5.74, 6) is 2.52. The average molecular weight is 208 g/mol. The molecule has 0 aromatic carbocycles. The second-order valence-corrected chi connectivity index (χ2v) is 4.75. The molecule has 1 aliphatic heterocycles. The van der Waals surface area contributed by atoms with Crippen LogP contribution in [0.25, 0.3) is 0 Å². The maximum atomic E-state index is 5.98. The molecular weight excluding hydrogens is 188 g/mol. The SMILES string of the molecule is C#CCOC1COC2(CCCCCC2)C1. The highest BCUT2D eigenvalue weighted by Crippen LogP contribution is 2.39. The van der Waals surface area contributed by atoms with Gasteiger partial charge in [-0.2, -0.15) is 0 Å². The van der Waals surface area contributed by atoms with Crippen LogP contribution in [0.3, 0.4) is 0 Å². The molecule has 0 bridgehead atoms. The molecule has 84 valence electrons. The van der Waals surface area contributed by atoms with Gasteiger partial charge in [0.25, 0.3) is 0 Å². The van der Waals surface area contributed by atoms with Crippen LogP contribution in [-0.2, 0) is 9.47 Å². The van der Waals surface area contributed by atoms with Crippen molar-refractivity contribution in [1.82, 2.24) is 0 Å². The Kier molecular flexibility index (Phi) is 3.66. The van der Waals surface area contributed by atoms with E-state index in [1.54, 1.807) is 0 Å². The Bertz CT molecular complexity index is 233. The lowest BCUT2D eigenvalue weighted by Gasteiger charge is -2.26. The monoisotopic (exact) mass is 208 g/mol. The van der Waals surface area contributed by atoms with Crippen molar-refractivity contribution >= 4 is 0 Å². The Morgan fingerprint density at radius 2 is 2.00 bits per heavy atom. The quantitative estimate of drug-likeness (QED) is 0.649. The van der Waals surface area contributed by atoms with E-state index in [-0.39, 0.29) is 11.7 Å². The largest absolute Gasteiger partial charge is 0.372 e. The van der Waals surface area contributed by atoms with Crippen molar-refractivity contribution in [2.24, 2.45) is 0 Å². The van der Waals surface area contributed by atoms with E-state index >= 15 is 0 Å². The molecule has 2 nitrogen and oxygen atoms in total. The second kappa shape index (κ2) is 5.01. The lowest BCUT2D eigenvalue weighted by molar-refractivity contribution is -0.0124. The van der Waals surface area contributed by atoms with Gasteiger partial charge in [0.15, 0.2) is 0 Å². The van der Waals surface area contributed by atoms with Crippen LogP contribution in [0.5, 0.6) is 0 Å². The molecule has 2 rings (SSSR count). The highest BCUT2D eigenvalue weighted by molar-refractivity contribution is 4.92. The third-order valence-corrected chi connectivity index (χ3v) is 3.59. The molecule has 1 aliphatic carbocycles. The average Bonchev–Trinajstić information content (AvgIpc) is 2.49. The number of hydrogen-bond acceptors (Lipinski definition) is 2. The van der Waals surface area contributed by atoms with Crippen molar-refractivity contribution in [3.05, 3.63) is 0 Å². The maximum absolute atomic E-state index is 5.98. The van der Waals surface area contributed by atoms with Gasteiger partial charge in [-0.25, -0.2) is 0 Å². The first-order valence-corrected chi connectivity index (χ1v) is 6.04. The van der Waals surface area contributed by atoms with E-state index in [0.717, 1.165) is 13.0 Å². The van der Waals surface area contributed by atoms with Crippen LogP contribution in [0.4, 0.5) is 0 Å². The first kappa shape index (κ1) is 11.0. The fraction of sp³-hybridized carbons (Fsp3) is 0.846. The third-order valence-electron chi connectivity index (χ3n) is 3.59. The predicted octanol–water partition coefficient (Wildman–Crippen LogP) is 2.52. The van der Waals surface area contributed by atoms with Crippen LogP contribution in [0, 0.1) is 12.3 Å². The molecule has 15 heavy (non-hydrogen) atoms. The van der Waals surface area contributed by atoms with Gasteiger partial charge < -0.3 is 9.47 Å². The Morgan fingerprint density at radius 1 is 1.27 bits per heavy atom. The van der Waals surface area contributed by atoms with Crippen molar-refractivity contribution in [1.29, 1.82) is 0 Å². The zero-order valence-electron chi connectivity index (χ0n) is 9.34. The summed E-state index contributed by atoms with van der Waals surface area (Å²) < 4.78 is 11.5. The first-order chi connectivity index (χ1) is 7.35. The van der Waals surface area contributed by atoms with Crippen molar-refractivity contribution in [3.63, 3.8) is 0 Å². The van der Waals surface area contributed by atoms with Crippen LogP contribution in [-0.4, -0.2) is 24.9 Å². The molecule has 1 saturated carbocycles. The molecule has 1 saturated heterocycles. The van der Waals surface area contributed by atoms with Gasteiger partial charge in [-0.1, -0.05) is 31.6 Å². The highest BCUT2D eigenvalue weighted by atomic mass is 16.6. The van der Waals surface area contributed by atoms with Gasteiger partial charge in [-0.15, -0.1) is 6.42 Å². The van der Waals surface area contributed by atoms with Gasteiger partial charge in [0, 0.05) is 6.42 Å². The van der Waals surface area contributed by atoms with E-state index in [4.69, 9.17) is 15.9 Å². The summed E-state index contributed by atoms with van der Waals surface area (Å²) >= 11 is 0. The molecule has 0 amide bonds. The number of rotatable bonds is 2. The fourth-order valence-corrected chi connectivity index (χ4v) is 2.80. The Hall–Kier alpha value is -0.520. The summed E-state index contributed by atoms with van der Waals surface area (Å²) in [7, 11) is 0. The molecule has 2 heteroatoms. The van der Waals surface area contributed by atoms with Crippen molar-refractivity contribution in [3.8, 4) is 12.3 Å². The molecule has 0 aromatic heterocycles. The van der Waals surface area contributed by atoms with Gasteiger partial charge in [0.05, 0.1) is 18.3 Å². The highest BCUT2D eigenvalue weighted by Gasteiger charge is 2.40. The Morgan fingerprint density at radius 3 is 2.67 bits per heavy atom. The van der Waals surface area contributed by atoms with Crippen LogP contribution in [0.1, 0.15) is 44.9 Å². The van der Waals surface area contributed by atoms with Gasteiger partial charge in [0.2, 0.25) is 0 Å². The molecule has 1 unspecified atom stereocenters. The van der Waals surface area contributed by atoms with Crippen LogP contribution < -0.4 is 0 Å². The second-order valence-electron chi connectivity index (χ2n) is 4.75. The minimum atomic E-state index is 0.135. The zero-order chi connectivity index (χ0) is 10.6. The zero-order valence-corrected chi connectivity index (χ0v) is 9.34. The van der Waals surface area contributed by atoms with E-state index in [0.29, 0.717) is 6.61 Å². The van der Waals surface area contributed by atoms with E-state index < -0.39 is 0 Å². The Labute approximate surface area is 92.3 Å². The molecule has 0 N–H and O–H groups in total. The van der Waals surface area contributed by atoms with Crippen molar-refractivity contribution in [2.45, 2.75) is 56.7 Å². The minimum Gasteiger partial charge on any atom is -0.372 e. The molecule has 0 radical (unpaired) electrons. The van der Waals surface area contributed by atoms with Crippen LogP contribution in [0.2, 0.25) is 0 Å². The molecular formula is C13H20O2. The number of hydrogen-bond donors (Lipinski definition) is 0. The molecule has 1 heterocycles. The lowest BCUT2D eigenvalue weighted by Crippen LogP contribution is -2.27. The topological polar surface area (TPSA) is 18.5 Å². The van der Waals surface area contributed by atoms with Gasteiger partial charge in [-0.05, 0) is 12.8 Å². The smallest absolute Gasteiger partial charge is 0.107 e. The number of terminal acetylenes is 1. The maximum Gasteiger partial charge on any atom is 0.107 e. The predicted molar refractivity (Wildman–Crippen MR) is 59.6 cm³/mol. The first-order valence-electron chi connectivity index (χ1n) is 6.04. The van der Waals surface area contributed by atoms with E-state index in [1.165, 1.54) is 38.5 Å². The van der Waals surface area contributed by atoms with E-state index in [1.807, 2.05) is 0 Å². The van der Waals surface area contributed by atoms with Crippen molar-refractivity contribution in [2.75, 3.05) is 13.2 Å². The lowest BCUT2D eigenvalue weighted by atomic mass is 9.90. The summed E-state index contributed by atoms with van der Waals surface area (Å²) in [4.78, 5) is 0. The van der Waals surface area contributed by atoms with Gasteiger partial charge in [-0.3, -0.25) is 0 Å². The fourth-order valence-electron chi connectivity index (χ4n) is 2.80. The summed E-state index contributed by atoms with van der Waals surface area (Å²) in [6.07, 6.45) is 14.2. The molecule has 0 aromatic rings. The Balaban J connectivity index is 1.86. The van der Waals surface area contributed by atoms with Gasteiger partial charge in [0.1, 0.15) is 6.61 Å². The van der Waals surface area contributed by atoms with Crippen LogP contribution in [0.15, 0.2) is 0 Å². The summed E-state index contributed by atoms with van der Waals surface area (Å²) in [6.45, 7) is 1.16. The standard InChI is InChI=1S/C13H20O2/c1-2-9-14-12-10-13(15-11-12)7-5-3-4-6-8-13/h1,12H,3-11H2. The molecule has 2 aliphatic rings.